The average molecular weight is 259 g/mol. The zero-order chi connectivity index (χ0) is 13.5. The highest BCUT2D eigenvalue weighted by atomic mass is 32.2. The first-order valence-electron chi connectivity index (χ1n) is 6.14. The van der Waals surface area contributed by atoms with Crippen LogP contribution in [0.3, 0.4) is 0 Å². The molecule has 1 aromatic rings. The van der Waals surface area contributed by atoms with E-state index >= 15 is 0 Å². The highest BCUT2D eigenvalue weighted by molar-refractivity contribution is 7.98. The van der Waals surface area contributed by atoms with E-state index in [-0.39, 0.29) is 0 Å². The molecule has 96 valence electrons. The molecule has 18 heavy (non-hydrogen) atoms. The van der Waals surface area contributed by atoms with Crippen LogP contribution in [0.5, 0.6) is 0 Å². The third kappa shape index (κ3) is 3.88. The van der Waals surface area contributed by atoms with Crippen LogP contribution >= 0.6 is 11.8 Å². The maximum absolute atomic E-state index is 4.66. The highest BCUT2D eigenvalue weighted by Crippen LogP contribution is 2.25. The molecule has 0 spiro atoms. The van der Waals surface area contributed by atoms with Crippen LogP contribution in [0.2, 0.25) is 0 Å². The minimum Gasteiger partial charge on any atom is -0.258 e. The third-order valence-corrected chi connectivity index (χ3v) is 3.68. The van der Waals surface area contributed by atoms with E-state index in [1.54, 1.807) is 17.8 Å². The smallest absolute Gasteiger partial charge is 0.0701 e. The van der Waals surface area contributed by atoms with E-state index in [1.165, 1.54) is 10.5 Å². The number of hydrogen-bond acceptors (Lipinski definition) is 2. The summed E-state index contributed by atoms with van der Waals surface area (Å²) < 4.78 is 0. The Kier molecular flexibility index (Phi) is 5.93. The van der Waals surface area contributed by atoms with Gasteiger partial charge in [0, 0.05) is 16.2 Å². The molecule has 0 saturated carbocycles. The first-order chi connectivity index (χ1) is 8.62. The van der Waals surface area contributed by atoms with Crippen LogP contribution in [0.1, 0.15) is 31.4 Å². The highest BCUT2D eigenvalue weighted by Gasteiger charge is 2.03. The van der Waals surface area contributed by atoms with Crippen molar-refractivity contribution in [1.82, 2.24) is 0 Å². The van der Waals surface area contributed by atoms with Crippen LogP contribution in [0.4, 0.5) is 0 Å². The molecular formula is C16H21NS. The Morgan fingerprint density at radius 2 is 2.17 bits per heavy atom. The summed E-state index contributed by atoms with van der Waals surface area (Å²) in [6.07, 6.45) is 6.83. The molecule has 0 atom stereocenters. The molecule has 0 saturated heterocycles. The van der Waals surface area contributed by atoms with Gasteiger partial charge in [-0.05, 0) is 44.2 Å². The third-order valence-electron chi connectivity index (χ3n) is 2.80. The van der Waals surface area contributed by atoms with Gasteiger partial charge in [-0.25, -0.2) is 0 Å². The van der Waals surface area contributed by atoms with Gasteiger partial charge >= 0.3 is 0 Å². The fourth-order valence-electron chi connectivity index (χ4n) is 1.57. The second-order valence-electron chi connectivity index (χ2n) is 4.17. The van der Waals surface area contributed by atoms with Crippen LogP contribution in [0, 0.1) is 6.92 Å². The molecule has 0 radical (unpaired) electrons. The molecule has 0 unspecified atom stereocenters. The monoisotopic (exact) mass is 259 g/mol. The molecule has 0 aliphatic rings. The predicted octanol–water partition coefficient (Wildman–Crippen LogP) is 5.11. The van der Waals surface area contributed by atoms with Gasteiger partial charge in [0.15, 0.2) is 0 Å². The molecule has 0 fully saturated rings. The van der Waals surface area contributed by atoms with Crippen molar-refractivity contribution in [1.29, 1.82) is 0 Å². The fourth-order valence-corrected chi connectivity index (χ4v) is 2.21. The minimum atomic E-state index is 0.968. The van der Waals surface area contributed by atoms with E-state index in [0.29, 0.717) is 0 Å². The standard InChI is InChI=1S/C16H21NS/c1-6-8-15(17-13(4)7-2)14-10-9-12(3)16(11-14)18-5/h6,8-11H,1,7H2,2-5H3/b15-8-,17-13?. The van der Waals surface area contributed by atoms with E-state index < -0.39 is 0 Å². The van der Waals surface area contributed by atoms with Gasteiger partial charge in [-0.1, -0.05) is 31.7 Å². The number of allylic oxidation sites excluding steroid dienone is 2. The Bertz CT molecular complexity index is 484. The second kappa shape index (κ2) is 7.22. The summed E-state index contributed by atoms with van der Waals surface area (Å²) in [5.74, 6) is 0. The van der Waals surface area contributed by atoms with Gasteiger partial charge in [0.1, 0.15) is 0 Å². The number of benzene rings is 1. The van der Waals surface area contributed by atoms with Crippen molar-refractivity contribution in [3.8, 4) is 0 Å². The van der Waals surface area contributed by atoms with Gasteiger partial charge in [-0.2, -0.15) is 0 Å². The number of nitrogens with zero attached hydrogens (tertiary/aromatic N) is 1. The van der Waals surface area contributed by atoms with Gasteiger partial charge in [-0.3, -0.25) is 4.99 Å². The molecule has 0 N–H and O–H groups in total. The SMILES string of the molecule is C=C/C=C(\N=C(C)CC)c1ccc(C)c(SC)c1. The summed E-state index contributed by atoms with van der Waals surface area (Å²) in [5.41, 5.74) is 4.58. The van der Waals surface area contributed by atoms with Crippen molar-refractivity contribution in [3.05, 3.63) is 48.1 Å². The van der Waals surface area contributed by atoms with Crippen molar-refractivity contribution in [2.24, 2.45) is 4.99 Å². The summed E-state index contributed by atoms with van der Waals surface area (Å²) in [6.45, 7) is 10.1. The lowest BCUT2D eigenvalue weighted by Gasteiger charge is -2.08. The molecule has 0 aromatic heterocycles. The van der Waals surface area contributed by atoms with E-state index in [9.17, 15) is 0 Å². The number of aryl methyl sites for hydroxylation is 1. The molecule has 1 rings (SSSR count). The molecular weight excluding hydrogens is 238 g/mol. The summed E-state index contributed by atoms with van der Waals surface area (Å²) in [6, 6.07) is 6.47. The second-order valence-corrected chi connectivity index (χ2v) is 5.02. The Morgan fingerprint density at radius 3 is 2.72 bits per heavy atom. The average Bonchev–Trinajstić information content (AvgIpc) is 2.38. The van der Waals surface area contributed by atoms with Crippen LogP contribution in [-0.2, 0) is 0 Å². The molecule has 0 heterocycles. The molecule has 0 aliphatic heterocycles. The normalized spacial score (nSPS) is 12.7. The number of aliphatic imine (C=N–C) groups is 1. The number of hydrogen-bond donors (Lipinski definition) is 0. The quantitative estimate of drug-likeness (QED) is 0.406. The van der Waals surface area contributed by atoms with Crippen molar-refractivity contribution in [2.75, 3.05) is 6.26 Å². The summed E-state index contributed by atoms with van der Waals surface area (Å²) in [5, 5.41) is 0. The summed E-state index contributed by atoms with van der Waals surface area (Å²) in [7, 11) is 0. The minimum absolute atomic E-state index is 0.968. The van der Waals surface area contributed by atoms with Crippen LogP contribution in [-0.4, -0.2) is 12.0 Å². The van der Waals surface area contributed by atoms with Gasteiger partial charge in [0.25, 0.3) is 0 Å². The first-order valence-corrected chi connectivity index (χ1v) is 7.36. The topological polar surface area (TPSA) is 12.4 Å². The zero-order valence-electron chi connectivity index (χ0n) is 11.7. The largest absolute Gasteiger partial charge is 0.258 e. The van der Waals surface area contributed by atoms with Gasteiger partial charge in [0.2, 0.25) is 0 Å². The van der Waals surface area contributed by atoms with E-state index in [0.717, 1.165) is 23.4 Å². The first kappa shape index (κ1) is 14.8. The lowest BCUT2D eigenvalue weighted by molar-refractivity contribution is 1.25. The van der Waals surface area contributed by atoms with Crippen molar-refractivity contribution in [3.63, 3.8) is 0 Å². The lowest BCUT2D eigenvalue weighted by atomic mass is 10.1. The zero-order valence-corrected chi connectivity index (χ0v) is 12.5. The molecule has 0 bridgehead atoms. The van der Waals surface area contributed by atoms with E-state index in [2.05, 4.69) is 56.8 Å². The summed E-state index contributed by atoms with van der Waals surface area (Å²) in [4.78, 5) is 5.96. The molecule has 1 nitrogen and oxygen atoms in total. The van der Waals surface area contributed by atoms with Crippen LogP contribution < -0.4 is 0 Å². The van der Waals surface area contributed by atoms with Gasteiger partial charge < -0.3 is 0 Å². The Morgan fingerprint density at radius 1 is 1.44 bits per heavy atom. The van der Waals surface area contributed by atoms with E-state index in [1.807, 2.05) is 6.08 Å². The lowest BCUT2D eigenvalue weighted by Crippen LogP contribution is -1.91. The molecule has 0 aliphatic carbocycles. The van der Waals surface area contributed by atoms with Crippen molar-refractivity contribution >= 4 is 23.2 Å². The van der Waals surface area contributed by atoms with E-state index in [4.69, 9.17) is 0 Å². The Labute approximate surface area is 115 Å². The van der Waals surface area contributed by atoms with Crippen LogP contribution in [0.15, 0.2) is 46.8 Å². The maximum atomic E-state index is 4.66. The van der Waals surface area contributed by atoms with Gasteiger partial charge in [-0.15, -0.1) is 11.8 Å². The van der Waals surface area contributed by atoms with Crippen molar-refractivity contribution in [2.45, 2.75) is 32.1 Å². The van der Waals surface area contributed by atoms with Crippen LogP contribution in [0.25, 0.3) is 5.70 Å². The summed E-state index contributed by atoms with van der Waals surface area (Å²) >= 11 is 1.77. The maximum Gasteiger partial charge on any atom is 0.0701 e. The number of thioether (sulfide) groups is 1. The fraction of sp³-hybridized carbons (Fsp3) is 0.312. The number of rotatable bonds is 5. The molecule has 0 amide bonds. The van der Waals surface area contributed by atoms with Gasteiger partial charge in [0.05, 0.1) is 5.70 Å². The Balaban J connectivity index is 3.23. The molecule has 1 aromatic carbocycles. The van der Waals surface area contributed by atoms with Crippen molar-refractivity contribution < 1.29 is 0 Å². The predicted molar refractivity (Wildman–Crippen MR) is 84.5 cm³/mol. The Hall–Kier alpha value is -1.28. The molecule has 2 heteroatoms.